The smallest absolute Gasteiger partial charge is 0.0639 e. The molecule has 0 aliphatic heterocycles. The van der Waals surface area contributed by atoms with Gasteiger partial charge in [0.05, 0.1) is 16.7 Å². The molecule has 16 heavy (non-hydrogen) atoms. The van der Waals surface area contributed by atoms with Gasteiger partial charge in [0.1, 0.15) is 0 Å². The second-order valence-electron chi connectivity index (χ2n) is 3.82. The van der Waals surface area contributed by atoms with Crippen LogP contribution >= 0.6 is 23.2 Å². The number of benzene rings is 1. The van der Waals surface area contributed by atoms with Crippen LogP contribution in [0.2, 0.25) is 10.0 Å². The van der Waals surface area contributed by atoms with Gasteiger partial charge in [0.15, 0.2) is 0 Å². The number of halogens is 2. The molecule has 4 heteroatoms. The highest BCUT2D eigenvalue weighted by molar-refractivity contribution is 6.42. The molecule has 0 aliphatic carbocycles. The molecule has 90 valence electrons. The first-order valence-electron chi connectivity index (χ1n) is 5.41. The summed E-state index contributed by atoms with van der Waals surface area (Å²) in [6.45, 7) is 4.16. The average molecular weight is 262 g/mol. The van der Waals surface area contributed by atoms with Crippen molar-refractivity contribution in [2.45, 2.75) is 32.4 Å². The molecular weight excluding hydrogens is 245 g/mol. The van der Waals surface area contributed by atoms with Gasteiger partial charge < -0.3 is 10.4 Å². The molecule has 0 radical (unpaired) electrons. The van der Waals surface area contributed by atoms with E-state index in [1.807, 2.05) is 26.0 Å². The van der Waals surface area contributed by atoms with Crippen LogP contribution in [0.4, 0.5) is 0 Å². The fourth-order valence-electron chi connectivity index (χ4n) is 1.60. The van der Waals surface area contributed by atoms with Crippen molar-refractivity contribution >= 4 is 23.2 Å². The van der Waals surface area contributed by atoms with Crippen LogP contribution in [-0.2, 0) is 0 Å². The van der Waals surface area contributed by atoms with E-state index in [1.54, 1.807) is 6.07 Å². The maximum absolute atomic E-state index is 9.12. The molecule has 0 saturated heterocycles. The Balaban J connectivity index is 2.80. The zero-order valence-corrected chi connectivity index (χ0v) is 11.0. The molecule has 0 amide bonds. The lowest BCUT2D eigenvalue weighted by Crippen LogP contribution is -2.34. The summed E-state index contributed by atoms with van der Waals surface area (Å²) in [6, 6.07) is 5.74. The second-order valence-corrected chi connectivity index (χ2v) is 4.60. The van der Waals surface area contributed by atoms with Crippen molar-refractivity contribution < 1.29 is 5.11 Å². The maximum Gasteiger partial charge on any atom is 0.0639 e. The Bertz CT molecular complexity index is 340. The van der Waals surface area contributed by atoms with E-state index in [-0.39, 0.29) is 18.7 Å². The van der Waals surface area contributed by atoms with Gasteiger partial charge in [-0.05, 0) is 25.0 Å². The molecule has 1 unspecified atom stereocenters. The summed E-state index contributed by atoms with van der Waals surface area (Å²) >= 11 is 12.1. The van der Waals surface area contributed by atoms with E-state index in [0.717, 1.165) is 12.0 Å². The normalized spacial score (nSPS) is 14.8. The molecular formula is C12H17Cl2NO. The number of hydrogen-bond acceptors (Lipinski definition) is 2. The van der Waals surface area contributed by atoms with Crippen molar-refractivity contribution in [2.75, 3.05) is 6.61 Å². The van der Waals surface area contributed by atoms with Gasteiger partial charge in [-0.3, -0.25) is 0 Å². The fraction of sp³-hybridized carbons (Fsp3) is 0.500. The quantitative estimate of drug-likeness (QED) is 0.852. The van der Waals surface area contributed by atoms with Crippen LogP contribution in [0.3, 0.4) is 0 Å². The lowest BCUT2D eigenvalue weighted by molar-refractivity contribution is 0.230. The Morgan fingerprint density at radius 1 is 1.38 bits per heavy atom. The minimum Gasteiger partial charge on any atom is -0.395 e. The Hall–Kier alpha value is -0.280. The van der Waals surface area contributed by atoms with E-state index >= 15 is 0 Å². The molecule has 1 rings (SSSR count). The van der Waals surface area contributed by atoms with Crippen LogP contribution < -0.4 is 5.32 Å². The number of aliphatic hydroxyl groups is 1. The third-order valence-corrected chi connectivity index (χ3v) is 3.48. The zero-order valence-electron chi connectivity index (χ0n) is 9.50. The van der Waals surface area contributed by atoms with Gasteiger partial charge in [-0.25, -0.2) is 0 Å². The molecule has 1 aromatic carbocycles. The largest absolute Gasteiger partial charge is 0.395 e. The number of nitrogens with one attached hydrogen (secondary N) is 1. The highest BCUT2D eigenvalue weighted by atomic mass is 35.5. The van der Waals surface area contributed by atoms with Gasteiger partial charge in [0.25, 0.3) is 0 Å². The van der Waals surface area contributed by atoms with Crippen molar-refractivity contribution in [3.05, 3.63) is 33.8 Å². The van der Waals surface area contributed by atoms with Gasteiger partial charge in [-0.1, -0.05) is 42.3 Å². The molecule has 2 nitrogen and oxygen atoms in total. The first-order chi connectivity index (χ1) is 7.60. The van der Waals surface area contributed by atoms with Crippen molar-refractivity contribution in [3.63, 3.8) is 0 Å². The summed E-state index contributed by atoms with van der Waals surface area (Å²) in [5, 5.41) is 13.6. The minimum atomic E-state index is 0.0725. The SMILES string of the molecule is CC[C@H](CO)NC(C)c1cccc(Cl)c1Cl. The Morgan fingerprint density at radius 2 is 2.06 bits per heavy atom. The standard InChI is InChI=1S/C12H17Cl2NO/c1-3-9(7-16)15-8(2)10-5-4-6-11(13)12(10)14/h4-6,8-9,15-16H,3,7H2,1-2H3/t8?,9-/m1/s1. The summed E-state index contributed by atoms with van der Waals surface area (Å²) in [7, 11) is 0. The van der Waals surface area contributed by atoms with Crippen molar-refractivity contribution in [1.82, 2.24) is 5.32 Å². The highest BCUT2D eigenvalue weighted by Crippen LogP contribution is 2.29. The van der Waals surface area contributed by atoms with Crippen LogP contribution in [0.25, 0.3) is 0 Å². The van der Waals surface area contributed by atoms with Crippen LogP contribution in [0.1, 0.15) is 31.9 Å². The second kappa shape index (κ2) is 6.45. The first kappa shape index (κ1) is 13.8. The summed E-state index contributed by atoms with van der Waals surface area (Å²) in [5.41, 5.74) is 0.959. The van der Waals surface area contributed by atoms with Crippen molar-refractivity contribution in [1.29, 1.82) is 0 Å². The summed E-state index contributed by atoms with van der Waals surface area (Å²) in [6.07, 6.45) is 0.874. The lowest BCUT2D eigenvalue weighted by Gasteiger charge is -2.21. The van der Waals surface area contributed by atoms with Crippen LogP contribution in [-0.4, -0.2) is 17.8 Å². The predicted molar refractivity (Wildman–Crippen MR) is 69.2 cm³/mol. The first-order valence-corrected chi connectivity index (χ1v) is 6.16. The molecule has 0 aromatic heterocycles. The molecule has 0 aliphatic rings. The molecule has 2 atom stereocenters. The lowest BCUT2D eigenvalue weighted by atomic mass is 10.1. The molecule has 0 saturated carbocycles. The van der Waals surface area contributed by atoms with Gasteiger partial charge in [-0.15, -0.1) is 0 Å². The summed E-state index contributed by atoms with van der Waals surface area (Å²) < 4.78 is 0. The number of rotatable bonds is 5. The fourth-order valence-corrected chi connectivity index (χ4v) is 2.07. The Labute approximate surface area is 107 Å². The van der Waals surface area contributed by atoms with Gasteiger partial charge in [0.2, 0.25) is 0 Å². The van der Waals surface area contributed by atoms with E-state index in [1.165, 1.54) is 0 Å². The maximum atomic E-state index is 9.12. The summed E-state index contributed by atoms with van der Waals surface area (Å²) in [4.78, 5) is 0. The van der Waals surface area contributed by atoms with E-state index < -0.39 is 0 Å². The zero-order chi connectivity index (χ0) is 12.1. The van der Waals surface area contributed by atoms with Crippen molar-refractivity contribution in [3.8, 4) is 0 Å². The minimum absolute atomic E-state index is 0.0725. The molecule has 2 N–H and O–H groups in total. The molecule has 0 bridgehead atoms. The molecule has 0 spiro atoms. The van der Waals surface area contributed by atoms with E-state index in [9.17, 15) is 0 Å². The van der Waals surface area contributed by atoms with E-state index in [0.29, 0.717) is 10.0 Å². The monoisotopic (exact) mass is 261 g/mol. The number of hydrogen-bond donors (Lipinski definition) is 2. The topological polar surface area (TPSA) is 32.3 Å². The third kappa shape index (κ3) is 3.36. The third-order valence-electron chi connectivity index (χ3n) is 2.65. The highest BCUT2D eigenvalue weighted by Gasteiger charge is 2.14. The van der Waals surface area contributed by atoms with Gasteiger partial charge in [0, 0.05) is 12.1 Å². The molecule has 0 heterocycles. The predicted octanol–water partition coefficient (Wildman–Crippen LogP) is 3.41. The molecule has 1 aromatic rings. The van der Waals surface area contributed by atoms with Crippen LogP contribution in [0, 0.1) is 0 Å². The van der Waals surface area contributed by atoms with Crippen molar-refractivity contribution in [2.24, 2.45) is 0 Å². The van der Waals surface area contributed by atoms with E-state index in [4.69, 9.17) is 28.3 Å². The van der Waals surface area contributed by atoms with Crippen LogP contribution in [0.5, 0.6) is 0 Å². The Morgan fingerprint density at radius 3 is 2.62 bits per heavy atom. The van der Waals surface area contributed by atoms with Gasteiger partial charge >= 0.3 is 0 Å². The Kier molecular flexibility index (Phi) is 5.56. The summed E-state index contributed by atoms with van der Waals surface area (Å²) in [5.74, 6) is 0. The molecule has 0 fully saturated rings. The number of aliphatic hydroxyl groups excluding tert-OH is 1. The van der Waals surface area contributed by atoms with Crippen LogP contribution in [0.15, 0.2) is 18.2 Å². The van der Waals surface area contributed by atoms with E-state index in [2.05, 4.69) is 5.32 Å². The van der Waals surface area contributed by atoms with Gasteiger partial charge in [-0.2, -0.15) is 0 Å². The average Bonchev–Trinajstić information content (AvgIpc) is 2.29.